The van der Waals surface area contributed by atoms with Gasteiger partial charge in [-0.1, -0.05) is 30.3 Å². The van der Waals surface area contributed by atoms with Gasteiger partial charge in [-0.05, 0) is 53.6 Å². The zero-order valence-corrected chi connectivity index (χ0v) is 22.8. The lowest BCUT2D eigenvalue weighted by atomic mass is 9.95. The van der Waals surface area contributed by atoms with E-state index in [9.17, 15) is 22.4 Å². The number of nitrogens with one attached hydrogen (secondary N) is 1. The first kappa shape index (κ1) is 28.9. The molecule has 3 atom stereocenters. The minimum Gasteiger partial charge on any atom is -0.380 e. The summed E-state index contributed by atoms with van der Waals surface area (Å²) in [4.78, 5) is 17.8. The first-order valence-electron chi connectivity index (χ1n) is 13.6. The third-order valence-corrected chi connectivity index (χ3v) is 7.90. The number of rotatable bonds is 10. The van der Waals surface area contributed by atoms with Gasteiger partial charge in [-0.25, -0.2) is 17.6 Å². The summed E-state index contributed by atoms with van der Waals surface area (Å²) in [5.41, 5.74) is 1.26. The van der Waals surface area contributed by atoms with Crippen LogP contribution in [0, 0.1) is 17.6 Å². The monoisotopic (exact) mass is 600 g/mol. The average molecular weight is 601 g/mol. The van der Waals surface area contributed by atoms with Gasteiger partial charge < -0.3 is 10.1 Å². The van der Waals surface area contributed by atoms with Crippen LogP contribution in [0.25, 0.3) is 11.1 Å². The first-order valence-corrected chi connectivity index (χ1v) is 13.6. The summed E-state index contributed by atoms with van der Waals surface area (Å²) in [6.45, 7) is -0.360. The molecule has 1 amide bonds. The van der Waals surface area contributed by atoms with Gasteiger partial charge in [-0.3, -0.25) is 14.5 Å². The second kappa shape index (κ2) is 11.1. The van der Waals surface area contributed by atoms with Gasteiger partial charge in [0.1, 0.15) is 29.6 Å². The van der Waals surface area contributed by atoms with Gasteiger partial charge in [0.15, 0.2) is 0 Å². The molecule has 1 N–H and O–H groups in total. The number of benzene rings is 2. The Kier molecular flexibility index (Phi) is 7.49. The molecular formula is C31H26F6N4O2. The van der Waals surface area contributed by atoms with Crippen LogP contribution in [0.4, 0.5) is 26.3 Å². The van der Waals surface area contributed by atoms with Crippen LogP contribution in [0.3, 0.4) is 0 Å². The maximum absolute atomic E-state index is 15.0. The quantitative estimate of drug-likeness (QED) is 0.208. The van der Waals surface area contributed by atoms with Crippen LogP contribution < -0.4 is 5.32 Å². The number of ether oxygens (including phenoxy) is 1. The molecule has 4 aromatic rings. The number of pyridine rings is 1. The molecule has 0 aliphatic heterocycles. The Morgan fingerprint density at radius 2 is 1.79 bits per heavy atom. The Hall–Kier alpha value is -4.19. The van der Waals surface area contributed by atoms with Gasteiger partial charge in [0, 0.05) is 36.4 Å². The first-order chi connectivity index (χ1) is 20.6. The van der Waals surface area contributed by atoms with Crippen molar-refractivity contribution in [2.75, 3.05) is 7.11 Å². The van der Waals surface area contributed by atoms with Crippen molar-refractivity contribution in [3.63, 3.8) is 0 Å². The lowest BCUT2D eigenvalue weighted by molar-refractivity contribution is -0.123. The predicted octanol–water partition coefficient (Wildman–Crippen LogP) is 6.62. The fourth-order valence-corrected chi connectivity index (χ4v) is 6.02. The fraction of sp³-hybridized carbons (Fsp3) is 0.323. The van der Waals surface area contributed by atoms with Gasteiger partial charge in [-0.2, -0.15) is 13.9 Å². The zero-order chi connectivity index (χ0) is 30.5. The van der Waals surface area contributed by atoms with Crippen LogP contribution in [0.15, 0.2) is 60.8 Å². The molecule has 2 unspecified atom stereocenters. The molecule has 2 aromatic carbocycles. The summed E-state index contributed by atoms with van der Waals surface area (Å²) < 4.78 is 91.5. The molecule has 2 aromatic heterocycles. The van der Waals surface area contributed by atoms with Crippen molar-refractivity contribution in [2.45, 2.75) is 50.3 Å². The molecular weight excluding hydrogens is 574 g/mol. The highest BCUT2D eigenvalue weighted by Crippen LogP contribution is 2.68. The highest BCUT2D eigenvalue weighted by molar-refractivity contribution is 5.77. The Labute approximate surface area is 242 Å². The van der Waals surface area contributed by atoms with Crippen molar-refractivity contribution < 1.29 is 35.9 Å². The molecule has 1 saturated carbocycles. The fourth-order valence-electron chi connectivity index (χ4n) is 6.02. The topological polar surface area (TPSA) is 69.0 Å². The third kappa shape index (κ3) is 5.51. The van der Waals surface area contributed by atoms with Gasteiger partial charge in [0.05, 0.1) is 18.3 Å². The number of carbonyl (C=O) groups is 1. The maximum Gasteiger partial charge on any atom is 0.293 e. The molecule has 6 rings (SSSR count). The van der Waals surface area contributed by atoms with Crippen LogP contribution in [0.1, 0.15) is 58.6 Å². The molecule has 2 aliphatic carbocycles. The van der Waals surface area contributed by atoms with Gasteiger partial charge >= 0.3 is 0 Å². The number of amides is 1. The summed E-state index contributed by atoms with van der Waals surface area (Å²) in [5, 5.41) is 6.45. The number of hydrogen-bond acceptors (Lipinski definition) is 4. The van der Waals surface area contributed by atoms with Crippen LogP contribution in [-0.2, 0) is 35.0 Å². The second-order valence-electron chi connectivity index (χ2n) is 10.8. The van der Waals surface area contributed by atoms with E-state index in [-0.39, 0.29) is 24.0 Å². The molecule has 0 saturated heterocycles. The molecule has 6 nitrogen and oxygen atoms in total. The van der Waals surface area contributed by atoms with Crippen molar-refractivity contribution in [1.29, 1.82) is 0 Å². The molecule has 2 heterocycles. The SMILES string of the molecule is COCc1ccc(-c2cccnc2[C@H](Cc2cc(F)cc(F)c2)NC(=O)Cn2nc(C(F)F)c3c2C(F)(F)C2CC32)cc1. The lowest BCUT2D eigenvalue weighted by Crippen LogP contribution is -2.35. The van der Waals surface area contributed by atoms with Crippen LogP contribution in [-0.4, -0.2) is 27.8 Å². The van der Waals surface area contributed by atoms with Gasteiger partial charge in [0.2, 0.25) is 5.91 Å². The Balaban J connectivity index is 1.34. The summed E-state index contributed by atoms with van der Waals surface area (Å²) in [7, 11) is 1.57. The van der Waals surface area contributed by atoms with E-state index in [4.69, 9.17) is 4.74 Å². The smallest absolute Gasteiger partial charge is 0.293 e. The maximum atomic E-state index is 15.0. The van der Waals surface area contributed by atoms with Crippen molar-refractivity contribution >= 4 is 5.91 Å². The van der Waals surface area contributed by atoms with E-state index in [2.05, 4.69) is 15.4 Å². The molecule has 0 bridgehead atoms. The van der Waals surface area contributed by atoms with Crippen LogP contribution in [0.5, 0.6) is 0 Å². The number of carbonyl (C=O) groups excluding carboxylic acids is 1. The predicted molar refractivity (Wildman–Crippen MR) is 143 cm³/mol. The molecule has 43 heavy (non-hydrogen) atoms. The Bertz CT molecular complexity index is 1650. The average Bonchev–Trinajstić information content (AvgIpc) is 3.61. The number of hydrogen-bond donors (Lipinski definition) is 1. The number of nitrogens with zero attached hydrogens (tertiary/aromatic N) is 3. The van der Waals surface area contributed by atoms with Crippen LogP contribution >= 0.6 is 0 Å². The normalized spacial score (nSPS) is 18.8. The minimum atomic E-state index is -3.39. The molecule has 0 radical (unpaired) electrons. The van der Waals surface area contributed by atoms with E-state index < -0.39 is 65.7 Å². The van der Waals surface area contributed by atoms with Crippen molar-refractivity contribution in [3.8, 4) is 11.1 Å². The second-order valence-corrected chi connectivity index (χ2v) is 10.8. The largest absolute Gasteiger partial charge is 0.380 e. The third-order valence-electron chi connectivity index (χ3n) is 7.90. The highest BCUT2D eigenvalue weighted by atomic mass is 19.3. The summed E-state index contributed by atoms with van der Waals surface area (Å²) >= 11 is 0. The highest BCUT2D eigenvalue weighted by Gasteiger charge is 2.67. The number of methoxy groups -OCH3 is 1. The number of fused-ring (bicyclic) bond motifs is 3. The van der Waals surface area contributed by atoms with E-state index in [1.54, 1.807) is 19.2 Å². The summed E-state index contributed by atoms with van der Waals surface area (Å²) in [6.07, 6.45) is -1.59. The van der Waals surface area contributed by atoms with E-state index in [0.29, 0.717) is 28.6 Å². The van der Waals surface area contributed by atoms with Gasteiger partial charge in [0.25, 0.3) is 12.3 Å². The summed E-state index contributed by atoms with van der Waals surface area (Å²) in [5.74, 6) is -7.61. The summed E-state index contributed by atoms with van der Waals surface area (Å²) in [6, 6.07) is 12.8. The standard InChI is InChI=1S/C31H26F6N4O2/c1-43-15-16-4-6-18(7-5-16)21-3-2-8-38-27(21)24(11-17-9-19(32)12-20(33)10-17)39-25(42)14-41-29-26(28(40-41)30(34)35)22-13-23(22)31(29,36)37/h2-10,12,22-24,30H,11,13-15H2,1H3,(H,39,42)/t22?,23?,24-/m0/s1. The molecule has 12 heteroatoms. The molecule has 0 spiro atoms. The van der Waals surface area contributed by atoms with Crippen molar-refractivity contribution in [1.82, 2.24) is 20.1 Å². The Morgan fingerprint density at radius 3 is 2.47 bits per heavy atom. The van der Waals surface area contributed by atoms with E-state index in [1.165, 1.54) is 6.20 Å². The molecule has 224 valence electrons. The van der Waals surface area contributed by atoms with Crippen molar-refractivity contribution in [3.05, 3.63) is 106 Å². The lowest BCUT2D eigenvalue weighted by Gasteiger charge is -2.22. The van der Waals surface area contributed by atoms with Gasteiger partial charge in [-0.15, -0.1) is 0 Å². The van der Waals surface area contributed by atoms with Crippen LogP contribution in [0.2, 0.25) is 0 Å². The number of halogens is 6. The molecule has 2 aliphatic rings. The van der Waals surface area contributed by atoms with Crippen molar-refractivity contribution in [2.24, 2.45) is 5.92 Å². The Morgan fingerprint density at radius 1 is 1.07 bits per heavy atom. The van der Waals surface area contributed by atoms with E-state index in [0.717, 1.165) is 23.3 Å². The van der Waals surface area contributed by atoms with E-state index in [1.807, 2.05) is 24.3 Å². The minimum absolute atomic E-state index is 0.0960. The van der Waals surface area contributed by atoms with E-state index >= 15 is 8.78 Å². The number of alkyl halides is 4. The molecule has 1 fully saturated rings. The zero-order valence-electron chi connectivity index (χ0n) is 22.8. The number of aromatic nitrogens is 3.